The molecule has 0 saturated carbocycles. The number of piperazine rings is 1. The zero-order valence-corrected chi connectivity index (χ0v) is 19.6. The summed E-state index contributed by atoms with van der Waals surface area (Å²) in [6.45, 7) is 0.196. The molecule has 2 aliphatic rings. The summed E-state index contributed by atoms with van der Waals surface area (Å²) in [6, 6.07) is 16.1. The predicted molar refractivity (Wildman–Crippen MR) is 124 cm³/mol. The lowest BCUT2D eigenvalue weighted by atomic mass is 9.99. The van der Waals surface area contributed by atoms with Crippen LogP contribution < -0.4 is 4.74 Å². The van der Waals surface area contributed by atoms with Crippen molar-refractivity contribution in [3.8, 4) is 5.75 Å². The molecule has 2 aliphatic heterocycles. The number of nitrogens with zero attached hydrogens (tertiary/aromatic N) is 2. The molecule has 2 fully saturated rings. The fraction of sp³-hybridized carbons (Fsp3) is 0.440. The van der Waals surface area contributed by atoms with Crippen LogP contribution in [0.4, 0.5) is 4.79 Å². The van der Waals surface area contributed by atoms with Crippen molar-refractivity contribution in [2.75, 3.05) is 26.2 Å². The minimum Gasteiger partial charge on any atom is -0.462 e. The van der Waals surface area contributed by atoms with Crippen molar-refractivity contribution in [1.82, 2.24) is 9.80 Å². The van der Waals surface area contributed by atoms with Crippen molar-refractivity contribution in [2.45, 2.75) is 43.9 Å². The molecule has 2 amide bonds. The fourth-order valence-corrected chi connectivity index (χ4v) is 4.09. The highest BCUT2D eigenvalue weighted by Crippen LogP contribution is 2.27. The molecule has 0 bridgehead atoms. The van der Waals surface area contributed by atoms with E-state index >= 15 is 0 Å². The molecule has 4 rings (SSSR count). The van der Waals surface area contributed by atoms with Crippen molar-refractivity contribution in [1.29, 1.82) is 0 Å². The van der Waals surface area contributed by atoms with Gasteiger partial charge < -0.3 is 39.5 Å². The van der Waals surface area contributed by atoms with Gasteiger partial charge in [-0.3, -0.25) is 9.69 Å². The van der Waals surface area contributed by atoms with E-state index < -0.39 is 43.4 Å². The highest BCUT2D eigenvalue weighted by molar-refractivity contribution is 5.83. The van der Waals surface area contributed by atoms with Crippen molar-refractivity contribution >= 4 is 12.0 Å². The van der Waals surface area contributed by atoms with Crippen LogP contribution in [0.25, 0.3) is 0 Å². The Morgan fingerprint density at radius 1 is 0.972 bits per heavy atom. The van der Waals surface area contributed by atoms with Crippen LogP contribution in [0.5, 0.6) is 5.75 Å². The van der Waals surface area contributed by atoms with E-state index in [4.69, 9.17) is 14.2 Å². The highest BCUT2D eigenvalue weighted by atomic mass is 16.7. The maximum absolute atomic E-state index is 12.8. The van der Waals surface area contributed by atoms with Crippen LogP contribution >= 0.6 is 0 Å². The van der Waals surface area contributed by atoms with Gasteiger partial charge in [-0.25, -0.2) is 4.79 Å². The van der Waals surface area contributed by atoms with Crippen LogP contribution in [0, 0.1) is 0 Å². The molecular formula is C25H30N2O9. The first-order valence-corrected chi connectivity index (χ1v) is 11.7. The smallest absolute Gasteiger partial charge is 0.410 e. The van der Waals surface area contributed by atoms with Crippen LogP contribution in [0.1, 0.15) is 11.1 Å². The summed E-state index contributed by atoms with van der Waals surface area (Å²) < 4.78 is 16.5. The third kappa shape index (κ3) is 5.94. The second-order valence-electron chi connectivity index (χ2n) is 8.70. The summed E-state index contributed by atoms with van der Waals surface area (Å²) in [7, 11) is 0. The molecule has 2 aromatic carbocycles. The summed E-state index contributed by atoms with van der Waals surface area (Å²) in [5.74, 6) is 0.0416. The van der Waals surface area contributed by atoms with E-state index in [-0.39, 0.29) is 32.1 Å². The number of aliphatic hydroxyl groups is 4. The molecule has 0 aromatic heterocycles. The van der Waals surface area contributed by atoms with Gasteiger partial charge in [0.2, 0.25) is 12.2 Å². The van der Waals surface area contributed by atoms with Gasteiger partial charge in [0.1, 0.15) is 43.3 Å². The maximum Gasteiger partial charge on any atom is 0.410 e. The average molecular weight is 503 g/mol. The first-order valence-electron chi connectivity index (χ1n) is 11.7. The molecule has 11 heteroatoms. The number of hydrogen-bond donors (Lipinski definition) is 4. The standard InChI is InChI=1S/C25H30N2O9/c28-14-19-21(30)22(31)23(32)24(36-19)35-18-9-5-4-8-17(18)12-26-10-11-27(13-20(26)29)25(33)34-15-16-6-2-1-3-7-16/h1-9,19,21-24,28,30-32H,10-15H2/t19-,21-,22-,23+,24-/m1/s1. The van der Waals surface area contributed by atoms with Crippen LogP contribution in [0.15, 0.2) is 54.6 Å². The molecule has 4 N–H and O–H groups in total. The number of aliphatic hydroxyl groups excluding tert-OH is 4. The van der Waals surface area contributed by atoms with Crippen molar-refractivity contribution in [3.63, 3.8) is 0 Å². The van der Waals surface area contributed by atoms with E-state index in [9.17, 15) is 30.0 Å². The summed E-state index contributed by atoms with van der Waals surface area (Å²) in [6.07, 6.45) is -7.61. The van der Waals surface area contributed by atoms with Gasteiger partial charge in [0.05, 0.1) is 6.61 Å². The summed E-state index contributed by atoms with van der Waals surface area (Å²) >= 11 is 0. The first kappa shape index (κ1) is 25.9. The number of benzene rings is 2. The molecule has 0 aliphatic carbocycles. The normalized spacial score (nSPS) is 26.6. The number of ether oxygens (including phenoxy) is 3. The molecule has 11 nitrogen and oxygen atoms in total. The largest absolute Gasteiger partial charge is 0.462 e. The number of rotatable bonds is 7. The zero-order chi connectivity index (χ0) is 25.7. The molecular weight excluding hydrogens is 472 g/mol. The Balaban J connectivity index is 1.35. The minimum atomic E-state index is -1.57. The van der Waals surface area contributed by atoms with E-state index in [0.717, 1.165) is 5.56 Å². The topological polar surface area (TPSA) is 149 Å². The fourth-order valence-electron chi connectivity index (χ4n) is 4.09. The van der Waals surface area contributed by atoms with E-state index in [0.29, 0.717) is 17.9 Å². The van der Waals surface area contributed by atoms with Gasteiger partial charge >= 0.3 is 6.09 Å². The van der Waals surface area contributed by atoms with Crippen LogP contribution in [-0.4, -0.2) is 99.2 Å². The van der Waals surface area contributed by atoms with Crippen LogP contribution in [0.2, 0.25) is 0 Å². The number of carbonyl (C=O) groups is 2. The second kappa shape index (κ2) is 11.7. The SMILES string of the molecule is O=C1CN(C(=O)OCc2ccccc2)CCN1Cc1ccccc1O[C@@H]1O[C@H](CO)[C@@H](O)[C@@H](O)[C@@H]1O. The zero-order valence-electron chi connectivity index (χ0n) is 19.6. The van der Waals surface area contributed by atoms with E-state index in [1.165, 1.54) is 4.90 Å². The van der Waals surface area contributed by atoms with Crippen molar-refractivity contribution in [2.24, 2.45) is 0 Å². The Labute approximate surface area is 208 Å². The van der Waals surface area contributed by atoms with E-state index in [1.54, 1.807) is 29.2 Å². The number of para-hydroxylation sites is 1. The molecule has 5 atom stereocenters. The molecule has 2 aromatic rings. The first-order chi connectivity index (χ1) is 17.4. The lowest BCUT2D eigenvalue weighted by molar-refractivity contribution is -0.277. The predicted octanol–water partition coefficient (Wildman–Crippen LogP) is -0.154. The van der Waals surface area contributed by atoms with Gasteiger partial charge in [-0.15, -0.1) is 0 Å². The molecule has 2 saturated heterocycles. The molecule has 2 heterocycles. The molecule has 0 radical (unpaired) electrons. The van der Waals surface area contributed by atoms with Crippen LogP contribution in [-0.2, 0) is 27.4 Å². The highest BCUT2D eigenvalue weighted by Gasteiger charge is 2.45. The Morgan fingerprint density at radius 2 is 1.69 bits per heavy atom. The van der Waals surface area contributed by atoms with E-state index in [2.05, 4.69) is 0 Å². The van der Waals surface area contributed by atoms with Gasteiger partial charge in [-0.1, -0.05) is 48.5 Å². The van der Waals surface area contributed by atoms with Crippen molar-refractivity contribution in [3.05, 3.63) is 65.7 Å². The van der Waals surface area contributed by atoms with Crippen LogP contribution in [0.3, 0.4) is 0 Å². The molecule has 36 heavy (non-hydrogen) atoms. The quantitative estimate of drug-likeness (QED) is 0.405. The Bertz CT molecular complexity index is 1040. The summed E-state index contributed by atoms with van der Waals surface area (Å²) in [4.78, 5) is 28.1. The van der Waals surface area contributed by atoms with Gasteiger partial charge in [0.25, 0.3) is 0 Å². The summed E-state index contributed by atoms with van der Waals surface area (Å²) in [5.41, 5.74) is 1.47. The Hall–Kier alpha value is -3.22. The van der Waals surface area contributed by atoms with Gasteiger partial charge in [-0.05, 0) is 11.6 Å². The third-order valence-corrected chi connectivity index (χ3v) is 6.21. The number of amides is 2. The summed E-state index contributed by atoms with van der Waals surface area (Å²) in [5, 5.41) is 39.6. The third-order valence-electron chi connectivity index (χ3n) is 6.21. The monoisotopic (exact) mass is 502 g/mol. The lowest BCUT2D eigenvalue weighted by Gasteiger charge is -2.40. The Morgan fingerprint density at radius 3 is 2.42 bits per heavy atom. The average Bonchev–Trinajstić information content (AvgIpc) is 2.90. The molecule has 0 spiro atoms. The van der Waals surface area contributed by atoms with Gasteiger partial charge in [0.15, 0.2) is 0 Å². The Kier molecular flexibility index (Phi) is 8.39. The van der Waals surface area contributed by atoms with E-state index in [1.807, 2.05) is 30.3 Å². The number of hydrogen-bond acceptors (Lipinski definition) is 9. The second-order valence-corrected chi connectivity index (χ2v) is 8.70. The minimum absolute atomic E-state index is 0.122. The molecule has 0 unspecified atom stereocenters. The number of carbonyl (C=O) groups excluding carboxylic acids is 2. The van der Waals surface area contributed by atoms with Crippen molar-refractivity contribution < 1.29 is 44.2 Å². The van der Waals surface area contributed by atoms with Gasteiger partial charge in [0, 0.05) is 25.2 Å². The van der Waals surface area contributed by atoms with Gasteiger partial charge in [-0.2, -0.15) is 0 Å². The maximum atomic E-state index is 12.8. The molecule has 194 valence electrons. The lowest BCUT2D eigenvalue weighted by Crippen LogP contribution is -2.60.